The van der Waals surface area contributed by atoms with Crippen molar-refractivity contribution in [1.82, 2.24) is 34.7 Å². The van der Waals surface area contributed by atoms with E-state index in [1.165, 1.54) is 6.07 Å². The number of nitrogens with one attached hydrogen (secondary N) is 1. The number of carbonyl (C=O) groups excluding carboxylic acids is 3. The fourth-order valence-corrected chi connectivity index (χ4v) is 7.68. The number of hydrogen-bond donors (Lipinski definition) is 2. The molecule has 272 valence electrons. The fourth-order valence-electron chi connectivity index (χ4n) is 7.68. The van der Waals surface area contributed by atoms with Crippen molar-refractivity contribution in [3.63, 3.8) is 0 Å². The zero-order valence-corrected chi connectivity index (χ0v) is 29.0. The third kappa shape index (κ3) is 7.98. The van der Waals surface area contributed by atoms with Crippen molar-refractivity contribution >= 4 is 28.5 Å². The first-order chi connectivity index (χ1) is 24.7. The number of carbonyl (C=O) groups is 3. The van der Waals surface area contributed by atoms with E-state index < -0.39 is 17.8 Å². The zero-order valence-electron chi connectivity index (χ0n) is 29.0. The van der Waals surface area contributed by atoms with E-state index in [0.29, 0.717) is 93.4 Å². The van der Waals surface area contributed by atoms with Crippen LogP contribution in [-0.2, 0) is 20.7 Å². The van der Waals surface area contributed by atoms with Crippen LogP contribution in [0.2, 0.25) is 0 Å². The highest BCUT2D eigenvalue weighted by Gasteiger charge is 2.35. The Kier molecular flexibility index (Phi) is 10.7. The Labute approximate surface area is 296 Å². The number of rotatable bonds is 9. The Hall–Kier alpha value is -4.24. The molecule has 4 fully saturated rings. The first-order valence-corrected chi connectivity index (χ1v) is 18.1. The molecule has 1 aromatic heterocycles. The van der Waals surface area contributed by atoms with Gasteiger partial charge in [0.05, 0.1) is 42.4 Å². The molecule has 4 aliphatic heterocycles. The first-order valence-electron chi connectivity index (χ1n) is 18.1. The molecule has 51 heavy (non-hydrogen) atoms. The summed E-state index contributed by atoms with van der Waals surface area (Å²) < 4.78 is 20.1. The second kappa shape index (κ2) is 15.6. The fraction of sp³-hybridized carbons (Fsp3) is 0.541. The number of piperazine rings is 2. The van der Waals surface area contributed by atoms with Crippen molar-refractivity contribution in [3.05, 3.63) is 75.5 Å². The number of fused-ring (bicyclic) bond motifs is 1. The van der Waals surface area contributed by atoms with Crippen LogP contribution >= 0.6 is 0 Å². The summed E-state index contributed by atoms with van der Waals surface area (Å²) >= 11 is 0. The summed E-state index contributed by atoms with van der Waals surface area (Å²) in [5.41, 5.74) is 7.22. The molecule has 4 aliphatic rings. The van der Waals surface area contributed by atoms with E-state index in [2.05, 4.69) is 20.0 Å². The van der Waals surface area contributed by atoms with Gasteiger partial charge in [-0.15, -0.1) is 0 Å². The number of piperidine rings is 1. The van der Waals surface area contributed by atoms with Crippen molar-refractivity contribution in [2.24, 2.45) is 17.6 Å². The van der Waals surface area contributed by atoms with Crippen molar-refractivity contribution < 1.29 is 23.5 Å². The quantitative estimate of drug-likeness (QED) is 0.330. The third-order valence-corrected chi connectivity index (χ3v) is 11.1. The molecule has 0 aliphatic carbocycles. The number of amides is 3. The van der Waals surface area contributed by atoms with Gasteiger partial charge in [0, 0.05) is 76.6 Å². The summed E-state index contributed by atoms with van der Waals surface area (Å²) in [4.78, 5) is 61.6. The van der Waals surface area contributed by atoms with Gasteiger partial charge in [-0.3, -0.25) is 29.0 Å². The predicted molar refractivity (Wildman–Crippen MR) is 189 cm³/mol. The summed E-state index contributed by atoms with van der Waals surface area (Å²) in [6.45, 7) is 8.87. The van der Waals surface area contributed by atoms with Gasteiger partial charge >= 0.3 is 0 Å². The molecule has 3 amide bonds. The number of halogens is 1. The molecule has 0 unspecified atom stereocenters. The molecule has 4 saturated heterocycles. The largest absolute Gasteiger partial charge is 0.381 e. The summed E-state index contributed by atoms with van der Waals surface area (Å²) in [7, 11) is 0. The third-order valence-electron chi connectivity index (χ3n) is 11.1. The average molecular weight is 703 g/mol. The second-order valence-electron chi connectivity index (χ2n) is 14.4. The Morgan fingerprint density at radius 3 is 2.22 bits per heavy atom. The molecular formula is C37H47FN8O5. The molecular weight excluding hydrogens is 655 g/mol. The number of hydrogen-bond acceptors (Lipinski definition) is 9. The monoisotopic (exact) mass is 702 g/mol. The van der Waals surface area contributed by atoms with E-state index in [-0.39, 0.29) is 28.9 Å². The zero-order chi connectivity index (χ0) is 35.5. The molecule has 0 spiro atoms. The number of aromatic amines is 1. The van der Waals surface area contributed by atoms with E-state index >= 15 is 0 Å². The van der Waals surface area contributed by atoms with E-state index in [4.69, 9.17) is 10.5 Å². The van der Waals surface area contributed by atoms with E-state index in [0.717, 1.165) is 45.6 Å². The van der Waals surface area contributed by atoms with Gasteiger partial charge in [-0.05, 0) is 55.6 Å². The number of likely N-dealkylation sites (tertiary alicyclic amines) is 1. The highest BCUT2D eigenvalue weighted by Crippen LogP contribution is 2.22. The molecule has 0 bridgehead atoms. The minimum absolute atomic E-state index is 0.0112. The maximum absolute atomic E-state index is 14.9. The molecule has 1 atom stereocenters. The van der Waals surface area contributed by atoms with Gasteiger partial charge in [0.15, 0.2) is 0 Å². The molecule has 7 rings (SSSR count). The van der Waals surface area contributed by atoms with Crippen molar-refractivity contribution in [2.75, 3.05) is 91.8 Å². The lowest BCUT2D eigenvalue weighted by Crippen LogP contribution is -2.58. The highest BCUT2D eigenvalue weighted by molar-refractivity contribution is 5.95. The summed E-state index contributed by atoms with van der Waals surface area (Å²) in [6.07, 6.45) is 2.38. The van der Waals surface area contributed by atoms with Crippen LogP contribution in [0.25, 0.3) is 10.8 Å². The molecule has 14 heteroatoms. The summed E-state index contributed by atoms with van der Waals surface area (Å²) in [5, 5.41) is 7.98. The van der Waals surface area contributed by atoms with E-state index in [1.54, 1.807) is 34.1 Å². The topological polar surface area (TPSA) is 148 Å². The number of aromatic nitrogens is 2. The normalized spacial score (nSPS) is 20.4. The summed E-state index contributed by atoms with van der Waals surface area (Å²) in [6, 6.07) is 11.2. The Morgan fingerprint density at radius 1 is 0.863 bits per heavy atom. The molecule has 3 aromatic rings. The van der Waals surface area contributed by atoms with E-state index in [9.17, 15) is 23.6 Å². The number of benzene rings is 2. The lowest BCUT2D eigenvalue weighted by atomic mass is 9.95. The average Bonchev–Trinajstić information content (AvgIpc) is 3.13. The maximum Gasteiger partial charge on any atom is 0.272 e. The van der Waals surface area contributed by atoms with Crippen LogP contribution in [0.4, 0.5) is 4.39 Å². The highest BCUT2D eigenvalue weighted by atomic mass is 19.1. The Morgan fingerprint density at radius 2 is 1.53 bits per heavy atom. The van der Waals surface area contributed by atoms with E-state index in [1.807, 2.05) is 17.0 Å². The van der Waals surface area contributed by atoms with Crippen molar-refractivity contribution in [1.29, 1.82) is 0 Å². The van der Waals surface area contributed by atoms with Crippen LogP contribution in [0.5, 0.6) is 0 Å². The molecule has 0 saturated carbocycles. The van der Waals surface area contributed by atoms with Crippen molar-refractivity contribution in [2.45, 2.75) is 25.3 Å². The number of nitrogens with zero attached hydrogens (tertiary/aromatic N) is 6. The maximum atomic E-state index is 14.9. The van der Waals surface area contributed by atoms with Crippen molar-refractivity contribution in [3.8, 4) is 0 Å². The Balaban J connectivity index is 0.839. The second-order valence-corrected chi connectivity index (χ2v) is 14.4. The molecule has 5 heterocycles. The number of nitrogens with two attached hydrogens (primary N) is 1. The lowest BCUT2D eigenvalue weighted by molar-refractivity contribution is -0.141. The SMILES string of the molecule is N[C@@H](C(=O)N1CCN(CC2CCN(CC(=O)N3CCN(C(=O)c4cc(Cc5n[nH]c(=O)c6ccccc56)ccc4F)CC3)CC2)CC1)C1COC1. The minimum atomic E-state index is -0.595. The number of ether oxygens (including phenoxy) is 1. The van der Waals surface area contributed by atoms with Gasteiger partial charge in [0.25, 0.3) is 11.5 Å². The van der Waals surface area contributed by atoms with Crippen LogP contribution in [0.3, 0.4) is 0 Å². The van der Waals surface area contributed by atoms with Gasteiger partial charge in [-0.2, -0.15) is 5.10 Å². The van der Waals surface area contributed by atoms with Gasteiger partial charge in [-0.25, -0.2) is 9.49 Å². The van der Waals surface area contributed by atoms with Crippen LogP contribution in [0.15, 0.2) is 47.3 Å². The molecule has 2 aromatic carbocycles. The molecule has 3 N–H and O–H groups in total. The number of H-pyrrole nitrogens is 1. The lowest BCUT2D eigenvalue weighted by Gasteiger charge is -2.41. The van der Waals surface area contributed by atoms with Crippen LogP contribution < -0.4 is 11.3 Å². The van der Waals surface area contributed by atoms with Crippen LogP contribution in [-0.4, -0.2) is 150 Å². The minimum Gasteiger partial charge on any atom is -0.381 e. The molecule has 0 radical (unpaired) electrons. The predicted octanol–water partition coefficient (Wildman–Crippen LogP) is 0.767. The smallest absolute Gasteiger partial charge is 0.272 e. The molecule has 13 nitrogen and oxygen atoms in total. The summed E-state index contributed by atoms with van der Waals surface area (Å²) in [5.74, 6) is -0.190. The van der Waals surface area contributed by atoms with Gasteiger partial charge in [0.1, 0.15) is 5.82 Å². The van der Waals surface area contributed by atoms with Crippen LogP contribution in [0, 0.1) is 17.7 Å². The van der Waals surface area contributed by atoms with Gasteiger partial charge < -0.3 is 25.2 Å². The standard InChI is InChI=1S/C37H47FN8O5/c38-31-6-5-26(20-32-28-3-1-2-4-29(28)35(48)41-40-32)19-30(31)36(49)45-17-15-44(16-18-45)33(47)22-42-9-7-25(8-10-42)21-43-11-13-46(14-12-43)37(50)34(39)27-23-51-24-27/h1-6,19,25,27,34H,7-18,20-24,39H2,(H,41,48)/t34-/m1/s1. The van der Waals surface area contributed by atoms with Gasteiger partial charge in [-0.1, -0.05) is 24.3 Å². The van der Waals surface area contributed by atoms with Crippen LogP contribution in [0.1, 0.15) is 34.5 Å². The first kappa shape index (κ1) is 35.2. The van der Waals surface area contributed by atoms with Gasteiger partial charge in [0.2, 0.25) is 11.8 Å². The Bertz CT molecular complexity index is 1790.